The lowest BCUT2D eigenvalue weighted by molar-refractivity contribution is 0.206. The Morgan fingerprint density at radius 2 is 1.68 bits per heavy atom. The molecule has 0 unspecified atom stereocenters. The molecule has 2 amide bonds. The maximum atomic E-state index is 14.4. The molecule has 2 rings (SSSR count). The molecule has 2 aromatic carbocycles. The number of carbonyl (C=O) groups is 1. The van der Waals surface area contributed by atoms with Gasteiger partial charge in [0.1, 0.15) is 5.82 Å². The van der Waals surface area contributed by atoms with Gasteiger partial charge in [0.25, 0.3) is 0 Å². The first-order chi connectivity index (χ1) is 13.4. The van der Waals surface area contributed by atoms with E-state index in [0.717, 1.165) is 5.69 Å². The molecule has 1 N–H and O–H groups in total. The van der Waals surface area contributed by atoms with Crippen molar-refractivity contribution in [3.05, 3.63) is 53.8 Å². The minimum atomic E-state index is -0.526. The van der Waals surface area contributed by atoms with Crippen LogP contribution in [-0.2, 0) is 0 Å². The third kappa shape index (κ3) is 5.28. The lowest BCUT2D eigenvalue weighted by atomic mass is 10.1. The fraction of sp³-hybridized carbons (Fsp3) is 0.381. The molecule has 152 valence electrons. The molecule has 0 aliphatic carbocycles. The standard InChI is InChI=1S/C21H28FN3O3/c1-15(17-13-19(27-4)20(28-5)14-18(17)22)23-21(26)25(3)12-11-24(2)16-9-7-6-8-10-16/h6-10,13-15H,11-12H2,1-5H3,(H,23,26)/t15-/m1/s1. The number of para-hydroxylation sites is 1. The van der Waals surface area contributed by atoms with E-state index in [9.17, 15) is 9.18 Å². The largest absolute Gasteiger partial charge is 0.493 e. The Hall–Kier alpha value is -2.96. The van der Waals surface area contributed by atoms with Gasteiger partial charge in [-0.1, -0.05) is 18.2 Å². The van der Waals surface area contributed by atoms with Gasteiger partial charge in [0.05, 0.1) is 20.3 Å². The van der Waals surface area contributed by atoms with Crippen LogP contribution in [-0.4, -0.2) is 52.3 Å². The van der Waals surface area contributed by atoms with E-state index in [1.54, 1.807) is 24.9 Å². The van der Waals surface area contributed by atoms with E-state index >= 15 is 0 Å². The Kier molecular flexibility index (Phi) is 7.49. The molecule has 0 heterocycles. The molecular formula is C21H28FN3O3. The van der Waals surface area contributed by atoms with Gasteiger partial charge in [-0.25, -0.2) is 9.18 Å². The van der Waals surface area contributed by atoms with Crippen LogP contribution >= 0.6 is 0 Å². The summed E-state index contributed by atoms with van der Waals surface area (Å²) in [6.07, 6.45) is 0. The number of nitrogens with zero attached hydrogens (tertiary/aromatic N) is 2. The normalized spacial score (nSPS) is 11.5. The quantitative estimate of drug-likeness (QED) is 0.748. The second-order valence-corrected chi connectivity index (χ2v) is 6.58. The van der Waals surface area contributed by atoms with Crippen LogP contribution in [0.1, 0.15) is 18.5 Å². The van der Waals surface area contributed by atoms with E-state index in [1.165, 1.54) is 20.3 Å². The van der Waals surface area contributed by atoms with Gasteiger partial charge in [0, 0.05) is 44.5 Å². The monoisotopic (exact) mass is 389 g/mol. The zero-order valence-electron chi connectivity index (χ0n) is 17.0. The van der Waals surface area contributed by atoms with Crippen LogP contribution in [0.15, 0.2) is 42.5 Å². The lowest BCUT2D eigenvalue weighted by Gasteiger charge is -2.25. The first-order valence-electron chi connectivity index (χ1n) is 9.06. The Balaban J connectivity index is 1.96. The molecule has 6 nitrogen and oxygen atoms in total. The van der Waals surface area contributed by atoms with E-state index in [0.29, 0.717) is 30.2 Å². The van der Waals surface area contributed by atoms with Crippen molar-refractivity contribution in [2.45, 2.75) is 13.0 Å². The molecule has 7 heteroatoms. The summed E-state index contributed by atoms with van der Waals surface area (Å²) in [4.78, 5) is 16.1. The first kappa shape index (κ1) is 21.3. The second-order valence-electron chi connectivity index (χ2n) is 6.58. The van der Waals surface area contributed by atoms with Gasteiger partial charge >= 0.3 is 6.03 Å². The highest BCUT2D eigenvalue weighted by molar-refractivity contribution is 5.74. The van der Waals surface area contributed by atoms with Gasteiger partial charge in [-0.2, -0.15) is 0 Å². The summed E-state index contributed by atoms with van der Waals surface area (Å²) < 4.78 is 24.7. The van der Waals surface area contributed by atoms with Gasteiger partial charge in [-0.15, -0.1) is 0 Å². The number of rotatable bonds is 8. The Bertz CT molecular complexity index is 786. The summed E-state index contributed by atoms with van der Waals surface area (Å²) in [5.41, 5.74) is 1.41. The van der Waals surface area contributed by atoms with Crippen molar-refractivity contribution in [1.29, 1.82) is 0 Å². The molecule has 28 heavy (non-hydrogen) atoms. The van der Waals surface area contributed by atoms with Crippen molar-refractivity contribution in [2.75, 3.05) is 46.3 Å². The number of nitrogens with one attached hydrogen (secondary N) is 1. The van der Waals surface area contributed by atoms with Gasteiger partial charge in [-0.3, -0.25) is 0 Å². The van der Waals surface area contributed by atoms with E-state index in [4.69, 9.17) is 9.47 Å². The number of benzene rings is 2. The highest BCUT2D eigenvalue weighted by Gasteiger charge is 2.19. The summed E-state index contributed by atoms with van der Waals surface area (Å²) in [6, 6.07) is 11.9. The van der Waals surface area contributed by atoms with Crippen LogP contribution in [0.3, 0.4) is 0 Å². The SMILES string of the molecule is COc1cc(F)c([C@@H](C)NC(=O)N(C)CCN(C)c2ccccc2)cc1OC. The Morgan fingerprint density at radius 1 is 1.07 bits per heavy atom. The number of amides is 2. The smallest absolute Gasteiger partial charge is 0.317 e. The molecule has 0 saturated carbocycles. The fourth-order valence-corrected chi connectivity index (χ4v) is 2.79. The van der Waals surface area contributed by atoms with Crippen molar-refractivity contribution in [1.82, 2.24) is 10.2 Å². The van der Waals surface area contributed by atoms with Gasteiger partial charge in [-0.05, 0) is 25.1 Å². The highest BCUT2D eigenvalue weighted by atomic mass is 19.1. The number of anilines is 1. The third-order valence-corrected chi connectivity index (χ3v) is 4.62. The average molecular weight is 389 g/mol. The van der Waals surface area contributed by atoms with Crippen LogP contribution < -0.4 is 19.7 Å². The van der Waals surface area contributed by atoms with E-state index in [-0.39, 0.29) is 6.03 Å². The maximum Gasteiger partial charge on any atom is 0.317 e. The predicted octanol–water partition coefficient (Wildman–Crippen LogP) is 3.68. The summed E-state index contributed by atoms with van der Waals surface area (Å²) >= 11 is 0. The summed E-state index contributed by atoms with van der Waals surface area (Å²) in [5.74, 6) is 0.262. The zero-order chi connectivity index (χ0) is 20.7. The predicted molar refractivity (Wildman–Crippen MR) is 109 cm³/mol. The number of likely N-dealkylation sites (N-methyl/N-ethyl adjacent to an activating group) is 2. The number of carbonyl (C=O) groups excluding carboxylic acids is 1. The Morgan fingerprint density at radius 3 is 2.29 bits per heavy atom. The molecule has 0 aliphatic rings. The molecule has 0 aromatic heterocycles. The number of ether oxygens (including phenoxy) is 2. The minimum Gasteiger partial charge on any atom is -0.493 e. The van der Waals surface area contributed by atoms with Crippen LogP contribution in [0.25, 0.3) is 0 Å². The highest BCUT2D eigenvalue weighted by Crippen LogP contribution is 2.32. The number of urea groups is 1. The van der Waals surface area contributed by atoms with Crippen molar-refractivity contribution in [3.8, 4) is 11.5 Å². The number of hydrogen-bond donors (Lipinski definition) is 1. The van der Waals surface area contributed by atoms with Crippen molar-refractivity contribution >= 4 is 11.7 Å². The van der Waals surface area contributed by atoms with Crippen molar-refractivity contribution in [3.63, 3.8) is 0 Å². The third-order valence-electron chi connectivity index (χ3n) is 4.62. The zero-order valence-corrected chi connectivity index (χ0v) is 17.0. The molecule has 0 radical (unpaired) electrons. The summed E-state index contributed by atoms with van der Waals surface area (Å²) in [5, 5.41) is 2.82. The molecule has 2 aromatic rings. The molecule has 0 spiro atoms. The number of halogens is 1. The minimum absolute atomic E-state index is 0.275. The average Bonchev–Trinajstić information content (AvgIpc) is 2.71. The van der Waals surface area contributed by atoms with Crippen molar-refractivity contribution in [2.24, 2.45) is 0 Å². The molecular weight excluding hydrogens is 361 g/mol. The van der Waals surface area contributed by atoms with Crippen LogP contribution in [0.5, 0.6) is 11.5 Å². The topological polar surface area (TPSA) is 54.0 Å². The first-order valence-corrected chi connectivity index (χ1v) is 9.06. The molecule has 0 bridgehead atoms. The number of hydrogen-bond acceptors (Lipinski definition) is 4. The maximum absolute atomic E-state index is 14.4. The van der Waals surface area contributed by atoms with Crippen LogP contribution in [0.2, 0.25) is 0 Å². The van der Waals surface area contributed by atoms with E-state index in [2.05, 4.69) is 10.2 Å². The fourth-order valence-electron chi connectivity index (χ4n) is 2.79. The van der Waals surface area contributed by atoms with Gasteiger partial charge < -0.3 is 24.6 Å². The molecule has 0 fully saturated rings. The van der Waals surface area contributed by atoms with E-state index < -0.39 is 11.9 Å². The molecule has 1 atom stereocenters. The number of methoxy groups -OCH3 is 2. The van der Waals surface area contributed by atoms with Gasteiger partial charge in [0.2, 0.25) is 0 Å². The summed E-state index contributed by atoms with van der Waals surface area (Å²) in [6.45, 7) is 2.93. The molecule has 0 saturated heterocycles. The van der Waals surface area contributed by atoms with Crippen LogP contribution in [0.4, 0.5) is 14.9 Å². The second kappa shape index (κ2) is 9.82. The molecule has 0 aliphatic heterocycles. The summed E-state index contributed by atoms with van der Waals surface area (Å²) in [7, 11) is 6.62. The van der Waals surface area contributed by atoms with Gasteiger partial charge in [0.15, 0.2) is 11.5 Å². The van der Waals surface area contributed by atoms with Crippen LogP contribution in [0, 0.1) is 5.82 Å². The van der Waals surface area contributed by atoms with E-state index in [1.807, 2.05) is 37.4 Å². The Labute approximate surface area is 165 Å². The lowest BCUT2D eigenvalue weighted by Crippen LogP contribution is -2.42. The van der Waals surface area contributed by atoms with Crippen molar-refractivity contribution < 1.29 is 18.7 Å².